The van der Waals surface area contributed by atoms with Gasteiger partial charge in [-0.05, 0) is 44.0 Å². The molecule has 2 aromatic heterocycles. The van der Waals surface area contributed by atoms with Gasteiger partial charge < -0.3 is 14.4 Å². The Bertz CT molecular complexity index is 722. The van der Waals surface area contributed by atoms with Gasteiger partial charge in [0.05, 0.1) is 11.6 Å². The molecule has 3 heterocycles. The zero-order valence-electron chi connectivity index (χ0n) is 12.2. The number of hydrogen-bond donors (Lipinski definition) is 1. The largest absolute Gasteiger partial charge is 0.478 e. The monoisotopic (exact) mass is 300 g/mol. The lowest BCUT2D eigenvalue weighted by atomic mass is 10.1. The van der Waals surface area contributed by atoms with E-state index in [-0.39, 0.29) is 23.2 Å². The van der Waals surface area contributed by atoms with Crippen LogP contribution < -0.4 is 0 Å². The van der Waals surface area contributed by atoms with Crippen LogP contribution in [0.1, 0.15) is 51.3 Å². The number of nitrogens with zero attached hydrogens (tertiary/aromatic N) is 2. The van der Waals surface area contributed by atoms with Crippen LogP contribution in [0.15, 0.2) is 34.9 Å². The Morgan fingerprint density at radius 2 is 2.18 bits per heavy atom. The van der Waals surface area contributed by atoms with Crippen molar-refractivity contribution >= 4 is 11.9 Å². The van der Waals surface area contributed by atoms with Crippen LogP contribution >= 0.6 is 0 Å². The van der Waals surface area contributed by atoms with Gasteiger partial charge in [0.15, 0.2) is 0 Å². The number of carboxylic acid groups (broad SMARTS) is 1. The number of aromatic carboxylic acids is 1. The molecule has 0 bridgehead atoms. The SMILES string of the molecule is Cc1ccc(C2CCCN2C(=O)c2cc(C(=O)O)ccn2)o1. The maximum Gasteiger partial charge on any atom is 0.335 e. The molecule has 3 rings (SSSR count). The third kappa shape index (κ3) is 2.59. The standard InChI is InChI=1S/C16H16N2O4/c1-10-4-5-14(22-10)13-3-2-8-18(13)15(19)12-9-11(16(20)21)6-7-17-12/h4-7,9,13H,2-3,8H2,1H3,(H,20,21). The first-order valence-electron chi connectivity index (χ1n) is 7.13. The molecular weight excluding hydrogens is 284 g/mol. The first-order valence-corrected chi connectivity index (χ1v) is 7.13. The Morgan fingerprint density at radius 3 is 2.86 bits per heavy atom. The van der Waals surface area contributed by atoms with E-state index >= 15 is 0 Å². The van der Waals surface area contributed by atoms with Crippen LogP contribution in [-0.4, -0.2) is 33.4 Å². The van der Waals surface area contributed by atoms with Crippen molar-refractivity contribution in [3.05, 3.63) is 53.2 Å². The summed E-state index contributed by atoms with van der Waals surface area (Å²) in [5, 5.41) is 9.02. The van der Waals surface area contributed by atoms with E-state index < -0.39 is 5.97 Å². The summed E-state index contributed by atoms with van der Waals surface area (Å²) < 4.78 is 5.64. The summed E-state index contributed by atoms with van der Waals surface area (Å²) in [5.74, 6) is 0.230. The molecule has 1 aliphatic heterocycles. The van der Waals surface area contributed by atoms with Crippen molar-refractivity contribution in [1.29, 1.82) is 0 Å². The lowest BCUT2D eigenvalue weighted by molar-refractivity contribution is 0.0696. The van der Waals surface area contributed by atoms with Gasteiger partial charge in [0.25, 0.3) is 5.91 Å². The summed E-state index contributed by atoms with van der Waals surface area (Å²) in [4.78, 5) is 29.4. The summed E-state index contributed by atoms with van der Waals surface area (Å²) in [6, 6.07) is 6.33. The van der Waals surface area contributed by atoms with Gasteiger partial charge in [-0.1, -0.05) is 0 Å². The zero-order chi connectivity index (χ0) is 15.7. The molecule has 1 atom stereocenters. The lowest BCUT2D eigenvalue weighted by Gasteiger charge is -2.22. The molecule has 114 valence electrons. The predicted octanol–water partition coefficient (Wildman–Crippen LogP) is 2.66. The third-order valence-corrected chi connectivity index (χ3v) is 3.83. The van der Waals surface area contributed by atoms with Crippen molar-refractivity contribution in [3.8, 4) is 0 Å². The predicted molar refractivity (Wildman–Crippen MR) is 77.7 cm³/mol. The van der Waals surface area contributed by atoms with Crippen LogP contribution in [0.25, 0.3) is 0 Å². The molecule has 22 heavy (non-hydrogen) atoms. The Kier molecular flexibility index (Phi) is 3.66. The second-order valence-electron chi connectivity index (χ2n) is 5.34. The molecule has 6 heteroatoms. The minimum absolute atomic E-state index is 0.0583. The van der Waals surface area contributed by atoms with E-state index in [9.17, 15) is 9.59 Å². The number of hydrogen-bond acceptors (Lipinski definition) is 4. The van der Waals surface area contributed by atoms with Gasteiger partial charge in [-0.2, -0.15) is 0 Å². The highest BCUT2D eigenvalue weighted by molar-refractivity contribution is 5.96. The van der Waals surface area contributed by atoms with E-state index in [1.54, 1.807) is 4.90 Å². The average Bonchev–Trinajstić information content (AvgIpc) is 3.15. The fourth-order valence-electron chi connectivity index (χ4n) is 2.77. The van der Waals surface area contributed by atoms with Crippen molar-refractivity contribution < 1.29 is 19.1 Å². The van der Waals surface area contributed by atoms with Gasteiger partial charge in [0, 0.05) is 12.7 Å². The van der Waals surface area contributed by atoms with Crippen molar-refractivity contribution in [2.75, 3.05) is 6.54 Å². The van der Waals surface area contributed by atoms with Gasteiger partial charge in [0.2, 0.25) is 0 Å². The normalized spacial score (nSPS) is 17.7. The Morgan fingerprint density at radius 1 is 1.36 bits per heavy atom. The lowest BCUT2D eigenvalue weighted by Crippen LogP contribution is -2.31. The number of pyridine rings is 1. The maximum atomic E-state index is 12.6. The second-order valence-corrected chi connectivity index (χ2v) is 5.34. The van der Waals surface area contributed by atoms with Crippen LogP contribution in [0, 0.1) is 6.92 Å². The van der Waals surface area contributed by atoms with Crippen molar-refractivity contribution in [1.82, 2.24) is 9.88 Å². The summed E-state index contributed by atoms with van der Waals surface area (Å²) in [7, 11) is 0. The molecule has 1 N–H and O–H groups in total. The number of carboxylic acids is 1. The van der Waals surface area contributed by atoms with Gasteiger partial charge in [-0.3, -0.25) is 9.78 Å². The minimum atomic E-state index is -1.07. The number of likely N-dealkylation sites (tertiary alicyclic amines) is 1. The number of amides is 1. The summed E-state index contributed by atoms with van der Waals surface area (Å²) >= 11 is 0. The van der Waals surface area contributed by atoms with Crippen LogP contribution in [0.3, 0.4) is 0 Å². The number of carbonyl (C=O) groups excluding carboxylic acids is 1. The Hall–Kier alpha value is -2.63. The average molecular weight is 300 g/mol. The Labute approximate surface area is 127 Å². The van der Waals surface area contributed by atoms with Gasteiger partial charge >= 0.3 is 5.97 Å². The van der Waals surface area contributed by atoms with E-state index in [0.717, 1.165) is 24.4 Å². The summed E-state index contributed by atoms with van der Waals surface area (Å²) in [6.45, 7) is 2.48. The number of furan rings is 1. The minimum Gasteiger partial charge on any atom is -0.478 e. The quantitative estimate of drug-likeness (QED) is 0.942. The number of aryl methyl sites for hydroxylation is 1. The van der Waals surface area contributed by atoms with E-state index in [4.69, 9.17) is 9.52 Å². The van der Waals surface area contributed by atoms with Gasteiger partial charge in [0.1, 0.15) is 17.2 Å². The molecule has 0 saturated carbocycles. The summed E-state index contributed by atoms with van der Waals surface area (Å²) in [5.41, 5.74) is 0.206. The molecule has 1 saturated heterocycles. The molecule has 0 radical (unpaired) electrons. The van der Waals surface area contributed by atoms with E-state index in [2.05, 4.69) is 4.98 Å². The van der Waals surface area contributed by atoms with E-state index in [0.29, 0.717) is 6.54 Å². The zero-order valence-corrected chi connectivity index (χ0v) is 12.2. The van der Waals surface area contributed by atoms with Gasteiger partial charge in [-0.15, -0.1) is 0 Å². The first-order chi connectivity index (χ1) is 10.6. The van der Waals surface area contributed by atoms with Crippen LogP contribution in [0.2, 0.25) is 0 Å². The Balaban J connectivity index is 1.87. The second kappa shape index (κ2) is 5.63. The molecular formula is C16H16N2O4. The highest BCUT2D eigenvalue weighted by atomic mass is 16.4. The molecule has 1 unspecified atom stereocenters. The van der Waals surface area contributed by atoms with Gasteiger partial charge in [-0.25, -0.2) is 4.79 Å². The topological polar surface area (TPSA) is 83.6 Å². The number of rotatable bonds is 3. The highest BCUT2D eigenvalue weighted by Crippen LogP contribution is 2.33. The van der Waals surface area contributed by atoms with Crippen LogP contribution in [0.4, 0.5) is 0 Å². The fourth-order valence-corrected chi connectivity index (χ4v) is 2.77. The molecule has 2 aromatic rings. The molecule has 0 aliphatic carbocycles. The number of aromatic nitrogens is 1. The molecule has 6 nitrogen and oxygen atoms in total. The van der Waals surface area contributed by atoms with Crippen molar-refractivity contribution in [2.24, 2.45) is 0 Å². The molecule has 1 amide bonds. The maximum absolute atomic E-state index is 12.6. The van der Waals surface area contributed by atoms with Crippen molar-refractivity contribution in [3.63, 3.8) is 0 Å². The van der Waals surface area contributed by atoms with E-state index in [1.165, 1.54) is 18.3 Å². The number of carbonyl (C=O) groups is 2. The molecule has 0 spiro atoms. The van der Waals surface area contributed by atoms with Crippen LogP contribution in [-0.2, 0) is 0 Å². The molecule has 1 fully saturated rings. The molecule has 1 aliphatic rings. The smallest absolute Gasteiger partial charge is 0.335 e. The van der Waals surface area contributed by atoms with Crippen LogP contribution in [0.5, 0.6) is 0 Å². The van der Waals surface area contributed by atoms with Crippen molar-refractivity contribution in [2.45, 2.75) is 25.8 Å². The fraction of sp³-hybridized carbons (Fsp3) is 0.312. The third-order valence-electron chi connectivity index (χ3n) is 3.83. The highest BCUT2D eigenvalue weighted by Gasteiger charge is 2.33. The van der Waals surface area contributed by atoms with E-state index in [1.807, 2.05) is 19.1 Å². The first kappa shape index (κ1) is 14.3. The summed E-state index contributed by atoms with van der Waals surface area (Å²) in [6.07, 6.45) is 3.06. The molecule has 0 aromatic carbocycles.